The van der Waals surface area contributed by atoms with Crippen LogP contribution in [0.3, 0.4) is 0 Å². The lowest BCUT2D eigenvalue weighted by Crippen LogP contribution is -2.41. The van der Waals surface area contributed by atoms with Gasteiger partial charge in [0.1, 0.15) is 5.37 Å². The molecular formula is C15H11Cl4NOS. The average molecular weight is 395 g/mol. The zero-order valence-corrected chi connectivity index (χ0v) is 14.9. The number of nitrogens with one attached hydrogen (secondary N) is 1. The van der Waals surface area contributed by atoms with Gasteiger partial charge in [0.15, 0.2) is 0 Å². The van der Waals surface area contributed by atoms with E-state index in [1.54, 1.807) is 24.3 Å². The number of alkyl halides is 3. The van der Waals surface area contributed by atoms with E-state index in [0.29, 0.717) is 10.6 Å². The Morgan fingerprint density at radius 1 is 1.00 bits per heavy atom. The SMILES string of the molecule is O=C(N[C@@H](Sc1ccccc1)C(Cl)(Cl)Cl)c1ccccc1Cl. The molecule has 0 saturated carbocycles. The van der Waals surface area contributed by atoms with Crippen molar-refractivity contribution in [2.24, 2.45) is 0 Å². The maximum absolute atomic E-state index is 12.3. The van der Waals surface area contributed by atoms with Crippen molar-refractivity contribution in [1.82, 2.24) is 5.32 Å². The maximum Gasteiger partial charge on any atom is 0.253 e. The van der Waals surface area contributed by atoms with Crippen LogP contribution in [0.5, 0.6) is 0 Å². The van der Waals surface area contributed by atoms with Gasteiger partial charge in [-0.15, -0.1) is 0 Å². The molecular weight excluding hydrogens is 384 g/mol. The summed E-state index contributed by atoms with van der Waals surface area (Å²) < 4.78 is -1.67. The van der Waals surface area contributed by atoms with E-state index in [0.717, 1.165) is 4.90 Å². The van der Waals surface area contributed by atoms with Crippen molar-refractivity contribution in [3.63, 3.8) is 0 Å². The third-order valence-corrected chi connectivity index (χ3v) is 5.30. The monoisotopic (exact) mass is 393 g/mol. The zero-order valence-electron chi connectivity index (χ0n) is 11.1. The van der Waals surface area contributed by atoms with Gasteiger partial charge in [0.05, 0.1) is 10.6 Å². The molecule has 0 unspecified atom stereocenters. The van der Waals surface area contributed by atoms with Crippen molar-refractivity contribution in [2.75, 3.05) is 0 Å². The fourth-order valence-corrected chi connectivity index (χ4v) is 3.33. The van der Waals surface area contributed by atoms with Crippen LogP contribution >= 0.6 is 58.2 Å². The van der Waals surface area contributed by atoms with Crippen molar-refractivity contribution in [1.29, 1.82) is 0 Å². The highest BCUT2D eigenvalue weighted by atomic mass is 35.6. The number of hydrogen-bond acceptors (Lipinski definition) is 2. The fraction of sp³-hybridized carbons (Fsp3) is 0.133. The second-order valence-corrected chi connectivity index (χ2v) is 8.26. The highest BCUT2D eigenvalue weighted by Gasteiger charge is 2.35. The third-order valence-electron chi connectivity index (χ3n) is 2.68. The van der Waals surface area contributed by atoms with Gasteiger partial charge in [-0.3, -0.25) is 4.79 Å². The number of carbonyl (C=O) groups excluding carboxylic acids is 1. The normalized spacial score (nSPS) is 12.7. The second-order valence-electron chi connectivity index (χ2n) is 4.31. The van der Waals surface area contributed by atoms with E-state index in [4.69, 9.17) is 46.4 Å². The van der Waals surface area contributed by atoms with E-state index >= 15 is 0 Å². The van der Waals surface area contributed by atoms with Crippen LogP contribution in [-0.4, -0.2) is 15.1 Å². The highest BCUT2D eigenvalue weighted by Crippen LogP contribution is 2.39. The first-order valence-electron chi connectivity index (χ1n) is 6.22. The van der Waals surface area contributed by atoms with Crippen molar-refractivity contribution in [3.05, 3.63) is 65.2 Å². The molecule has 1 atom stereocenters. The Morgan fingerprint density at radius 3 is 2.18 bits per heavy atom. The van der Waals surface area contributed by atoms with Crippen LogP contribution in [0.15, 0.2) is 59.5 Å². The molecule has 0 aromatic heterocycles. The van der Waals surface area contributed by atoms with Crippen LogP contribution in [0.25, 0.3) is 0 Å². The Morgan fingerprint density at radius 2 is 1.59 bits per heavy atom. The van der Waals surface area contributed by atoms with Crippen molar-refractivity contribution in [2.45, 2.75) is 14.1 Å². The molecule has 7 heteroatoms. The number of amides is 1. The summed E-state index contributed by atoms with van der Waals surface area (Å²) in [4.78, 5) is 13.2. The molecule has 0 fully saturated rings. The topological polar surface area (TPSA) is 29.1 Å². The summed E-state index contributed by atoms with van der Waals surface area (Å²) >= 11 is 25.2. The predicted octanol–water partition coefficient (Wildman–Crippen LogP) is 5.56. The fourth-order valence-electron chi connectivity index (χ4n) is 1.66. The number of carbonyl (C=O) groups is 1. The first kappa shape index (κ1) is 17.8. The Kier molecular flexibility index (Phi) is 6.30. The Labute approximate surface area is 153 Å². The summed E-state index contributed by atoms with van der Waals surface area (Å²) in [6.45, 7) is 0. The van der Waals surface area contributed by atoms with Crippen LogP contribution in [0.4, 0.5) is 0 Å². The van der Waals surface area contributed by atoms with Crippen molar-refractivity contribution in [3.8, 4) is 0 Å². The number of benzene rings is 2. The molecule has 0 bridgehead atoms. The Bertz CT molecular complexity index is 645. The molecule has 1 N–H and O–H groups in total. The molecule has 0 aliphatic heterocycles. The van der Waals surface area contributed by atoms with E-state index in [2.05, 4.69) is 5.32 Å². The maximum atomic E-state index is 12.3. The molecule has 116 valence electrons. The van der Waals surface area contributed by atoms with Gasteiger partial charge in [0.25, 0.3) is 5.91 Å². The molecule has 0 aliphatic rings. The van der Waals surface area contributed by atoms with E-state index in [-0.39, 0.29) is 0 Å². The minimum Gasteiger partial charge on any atom is -0.336 e. The molecule has 0 radical (unpaired) electrons. The molecule has 22 heavy (non-hydrogen) atoms. The first-order valence-corrected chi connectivity index (χ1v) is 8.61. The molecule has 2 nitrogen and oxygen atoms in total. The van der Waals surface area contributed by atoms with Gasteiger partial charge in [0, 0.05) is 4.90 Å². The molecule has 0 aliphatic carbocycles. The van der Waals surface area contributed by atoms with Gasteiger partial charge in [0.2, 0.25) is 3.79 Å². The summed E-state index contributed by atoms with van der Waals surface area (Å²) in [5.74, 6) is -0.398. The molecule has 0 heterocycles. The Balaban J connectivity index is 2.17. The summed E-state index contributed by atoms with van der Waals surface area (Å²) in [6.07, 6.45) is 0. The molecule has 2 aromatic carbocycles. The molecule has 2 aromatic rings. The highest BCUT2D eigenvalue weighted by molar-refractivity contribution is 8.00. The second kappa shape index (κ2) is 7.80. The van der Waals surface area contributed by atoms with E-state index < -0.39 is 15.1 Å². The quantitative estimate of drug-likeness (QED) is 0.417. The smallest absolute Gasteiger partial charge is 0.253 e. The summed E-state index contributed by atoms with van der Waals surface area (Å²) in [6, 6.07) is 16.1. The minimum atomic E-state index is -1.67. The largest absolute Gasteiger partial charge is 0.336 e. The standard InChI is InChI=1S/C15H11Cl4NOS/c16-12-9-5-4-8-11(12)13(21)20-14(15(17,18)19)22-10-6-2-1-3-7-10/h1-9,14H,(H,20,21)/t14-/m0/s1. The van der Waals surface area contributed by atoms with Gasteiger partial charge < -0.3 is 5.32 Å². The van der Waals surface area contributed by atoms with Gasteiger partial charge >= 0.3 is 0 Å². The first-order chi connectivity index (χ1) is 10.4. The predicted molar refractivity (Wildman–Crippen MR) is 95.3 cm³/mol. The van der Waals surface area contributed by atoms with Gasteiger partial charge in [-0.25, -0.2) is 0 Å². The Hall–Kier alpha value is -0.580. The van der Waals surface area contributed by atoms with Gasteiger partial charge in [-0.2, -0.15) is 0 Å². The van der Waals surface area contributed by atoms with E-state index in [1.807, 2.05) is 30.3 Å². The van der Waals surface area contributed by atoms with Crippen molar-refractivity contribution >= 4 is 64.1 Å². The third kappa shape index (κ3) is 4.97. The van der Waals surface area contributed by atoms with Crippen molar-refractivity contribution < 1.29 is 4.79 Å². The van der Waals surface area contributed by atoms with E-state index in [9.17, 15) is 4.79 Å². The summed E-state index contributed by atoms with van der Waals surface area (Å²) in [5, 5.41) is 2.29. The minimum absolute atomic E-state index is 0.331. The number of hydrogen-bond donors (Lipinski definition) is 1. The van der Waals surface area contributed by atoms with E-state index in [1.165, 1.54) is 11.8 Å². The van der Waals surface area contributed by atoms with Crippen LogP contribution in [0.2, 0.25) is 5.02 Å². The summed E-state index contributed by atoms with van der Waals surface area (Å²) in [5.41, 5.74) is 0.331. The molecule has 0 saturated heterocycles. The van der Waals surface area contributed by atoms with Crippen LogP contribution < -0.4 is 5.32 Å². The molecule has 2 rings (SSSR count). The lowest BCUT2D eigenvalue weighted by molar-refractivity contribution is 0.0950. The van der Waals surface area contributed by atoms with Gasteiger partial charge in [-0.05, 0) is 24.3 Å². The summed E-state index contributed by atoms with van der Waals surface area (Å²) in [7, 11) is 0. The molecule has 1 amide bonds. The number of rotatable bonds is 4. The lowest BCUT2D eigenvalue weighted by atomic mass is 10.2. The lowest BCUT2D eigenvalue weighted by Gasteiger charge is -2.25. The number of halogens is 4. The zero-order chi connectivity index (χ0) is 16.2. The van der Waals surface area contributed by atoms with Crippen LogP contribution in [0.1, 0.15) is 10.4 Å². The van der Waals surface area contributed by atoms with Crippen LogP contribution in [0, 0.1) is 0 Å². The average Bonchev–Trinajstić information content (AvgIpc) is 2.47. The molecule has 0 spiro atoms. The van der Waals surface area contributed by atoms with Gasteiger partial charge in [-0.1, -0.05) is 88.5 Å². The van der Waals surface area contributed by atoms with Crippen LogP contribution in [-0.2, 0) is 0 Å². The number of thioether (sulfide) groups is 1.